The Hall–Kier alpha value is -1.34. The molecule has 0 spiro atoms. The average molecular weight is 375 g/mol. The standard InChI is InChI=1S/C20H26N2O3S/c1-25-20-6-5-15(23)10-18(20)22(8-7-20)12-14-9-13-3-4-16(26-2)11-17(13)21-19(14)24/h3-4,9,11,15,18,23H,5-8,10,12H2,1-2H3,(H,21,24)/t15-,18-,20+/m0/s1. The minimum atomic E-state index is -0.274. The van der Waals surface area contributed by atoms with E-state index in [2.05, 4.69) is 22.0 Å². The predicted octanol–water partition coefficient (Wildman–Crippen LogP) is 2.75. The van der Waals surface area contributed by atoms with E-state index in [0.29, 0.717) is 6.54 Å². The molecule has 2 N–H and O–H groups in total. The van der Waals surface area contributed by atoms with Gasteiger partial charge in [0.25, 0.3) is 5.56 Å². The third kappa shape index (κ3) is 3.09. The normalized spacial score (nSPS) is 29.2. The maximum atomic E-state index is 12.6. The van der Waals surface area contributed by atoms with E-state index < -0.39 is 0 Å². The molecular weight excluding hydrogens is 348 g/mol. The van der Waals surface area contributed by atoms with E-state index in [4.69, 9.17) is 4.74 Å². The van der Waals surface area contributed by atoms with Gasteiger partial charge >= 0.3 is 0 Å². The molecule has 5 nitrogen and oxygen atoms in total. The number of hydrogen-bond acceptors (Lipinski definition) is 5. The zero-order valence-electron chi connectivity index (χ0n) is 15.3. The SMILES string of the molecule is CO[C@@]12CC[C@H](O)C[C@@H]1N(Cc1cc3ccc(SC)cc3[nH]c1=O)CC2. The second kappa shape index (κ2) is 7.00. The Bertz CT molecular complexity index is 868. The first-order chi connectivity index (χ1) is 12.5. The number of nitrogens with zero attached hydrogens (tertiary/aromatic N) is 1. The number of pyridine rings is 1. The summed E-state index contributed by atoms with van der Waals surface area (Å²) in [6, 6.07) is 8.34. The smallest absolute Gasteiger partial charge is 0.252 e. The number of ether oxygens (including phenoxy) is 1. The van der Waals surface area contributed by atoms with Crippen LogP contribution in [0.5, 0.6) is 0 Å². The first kappa shape index (κ1) is 18.0. The van der Waals surface area contributed by atoms with Crippen LogP contribution in [0.15, 0.2) is 34.0 Å². The number of fused-ring (bicyclic) bond motifs is 2. The molecule has 1 aromatic heterocycles. The van der Waals surface area contributed by atoms with Crippen LogP contribution < -0.4 is 5.56 Å². The van der Waals surface area contributed by atoms with Gasteiger partial charge in [-0.3, -0.25) is 9.69 Å². The fourth-order valence-corrected chi connectivity index (χ4v) is 5.09. The first-order valence-electron chi connectivity index (χ1n) is 9.22. The van der Waals surface area contributed by atoms with Gasteiger partial charge in [0.05, 0.1) is 11.7 Å². The van der Waals surface area contributed by atoms with Crippen molar-refractivity contribution in [2.75, 3.05) is 19.9 Å². The molecule has 0 bridgehead atoms. The summed E-state index contributed by atoms with van der Waals surface area (Å²) in [6.07, 6.45) is 5.12. The number of aliphatic hydroxyl groups is 1. The lowest BCUT2D eigenvalue weighted by atomic mass is 9.79. The summed E-state index contributed by atoms with van der Waals surface area (Å²) < 4.78 is 5.90. The van der Waals surface area contributed by atoms with Gasteiger partial charge in [0.2, 0.25) is 0 Å². The number of H-pyrrole nitrogens is 1. The molecule has 2 fully saturated rings. The van der Waals surface area contributed by atoms with Gasteiger partial charge in [0.1, 0.15) is 0 Å². The number of rotatable bonds is 4. The molecule has 0 amide bonds. The summed E-state index contributed by atoms with van der Waals surface area (Å²) >= 11 is 1.67. The van der Waals surface area contributed by atoms with Crippen LogP contribution in [0.2, 0.25) is 0 Å². The quantitative estimate of drug-likeness (QED) is 0.806. The van der Waals surface area contributed by atoms with Gasteiger partial charge in [-0.05, 0) is 55.5 Å². The van der Waals surface area contributed by atoms with Crippen LogP contribution in [0.3, 0.4) is 0 Å². The van der Waals surface area contributed by atoms with Crippen LogP contribution in [0.25, 0.3) is 10.9 Å². The second-order valence-electron chi connectivity index (χ2n) is 7.51. The minimum Gasteiger partial charge on any atom is -0.393 e. The highest BCUT2D eigenvalue weighted by atomic mass is 32.2. The molecular formula is C20H26N2O3S. The summed E-state index contributed by atoms with van der Waals surface area (Å²) in [5.41, 5.74) is 1.46. The molecule has 1 aromatic carbocycles. The monoisotopic (exact) mass is 374 g/mol. The lowest BCUT2D eigenvalue weighted by Crippen LogP contribution is -2.51. The third-order valence-electron chi connectivity index (χ3n) is 6.18. The highest BCUT2D eigenvalue weighted by molar-refractivity contribution is 7.98. The number of thioether (sulfide) groups is 1. The molecule has 0 unspecified atom stereocenters. The number of benzene rings is 1. The molecule has 1 aliphatic heterocycles. The average Bonchev–Trinajstić information content (AvgIpc) is 3.00. The molecule has 1 saturated carbocycles. The van der Waals surface area contributed by atoms with Gasteiger partial charge in [-0.15, -0.1) is 11.8 Å². The molecule has 140 valence electrons. The van der Waals surface area contributed by atoms with Crippen molar-refractivity contribution in [1.29, 1.82) is 0 Å². The number of aliphatic hydroxyl groups excluding tert-OH is 1. The fourth-order valence-electron chi connectivity index (χ4n) is 4.65. The third-order valence-corrected chi connectivity index (χ3v) is 6.90. The molecule has 3 atom stereocenters. The van der Waals surface area contributed by atoms with Crippen molar-refractivity contribution in [3.8, 4) is 0 Å². The predicted molar refractivity (Wildman–Crippen MR) is 105 cm³/mol. The van der Waals surface area contributed by atoms with Crippen LogP contribution in [-0.4, -0.2) is 52.6 Å². The van der Waals surface area contributed by atoms with Crippen molar-refractivity contribution >= 4 is 22.7 Å². The topological polar surface area (TPSA) is 65.6 Å². The fraction of sp³-hybridized carbons (Fsp3) is 0.550. The van der Waals surface area contributed by atoms with Gasteiger partial charge in [-0.1, -0.05) is 6.07 Å². The van der Waals surface area contributed by atoms with Crippen LogP contribution in [0.4, 0.5) is 0 Å². The van der Waals surface area contributed by atoms with Crippen LogP contribution >= 0.6 is 11.8 Å². The van der Waals surface area contributed by atoms with E-state index >= 15 is 0 Å². The van der Waals surface area contributed by atoms with Crippen LogP contribution in [0, 0.1) is 0 Å². The zero-order chi connectivity index (χ0) is 18.3. The molecule has 2 aromatic rings. The van der Waals surface area contributed by atoms with E-state index in [0.717, 1.165) is 53.6 Å². The number of methoxy groups -OCH3 is 1. The molecule has 0 radical (unpaired) electrons. The highest BCUT2D eigenvalue weighted by Crippen LogP contribution is 2.42. The molecule has 6 heteroatoms. The molecule has 2 heterocycles. The number of likely N-dealkylation sites (tertiary alicyclic amines) is 1. The summed E-state index contributed by atoms with van der Waals surface area (Å²) in [4.78, 5) is 19.1. The Labute approximate surface area is 157 Å². The maximum absolute atomic E-state index is 12.6. The lowest BCUT2D eigenvalue weighted by molar-refractivity contribution is -0.0879. The summed E-state index contributed by atoms with van der Waals surface area (Å²) in [5, 5.41) is 11.2. The number of hydrogen-bond donors (Lipinski definition) is 2. The van der Waals surface area contributed by atoms with Crippen molar-refractivity contribution in [2.24, 2.45) is 0 Å². The Kier molecular flexibility index (Phi) is 4.86. The second-order valence-corrected chi connectivity index (χ2v) is 8.39. The van der Waals surface area contributed by atoms with Crippen LogP contribution in [0.1, 0.15) is 31.2 Å². The zero-order valence-corrected chi connectivity index (χ0v) is 16.1. The number of aromatic nitrogens is 1. The summed E-state index contributed by atoms with van der Waals surface area (Å²) in [5.74, 6) is 0. The Morgan fingerprint density at radius 2 is 2.23 bits per heavy atom. The number of aromatic amines is 1. The van der Waals surface area contributed by atoms with Gasteiger partial charge in [-0.25, -0.2) is 0 Å². The Balaban J connectivity index is 1.62. The van der Waals surface area contributed by atoms with E-state index in [1.54, 1.807) is 18.9 Å². The van der Waals surface area contributed by atoms with Gasteiger partial charge in [0, 0.05) is 42.2 Å². The van der Waals surface area contributed by atoms with Gasteiger partial charge in [0.15, 0.2) is 0 Å². The van der Waals surface area contributed by atoms with Crippen molar-refractivity contribution in [3.63, 3.8) is 0 Å². The van der Waals surface area contributed by atoms with Crippen LogP contribution in [-0.2, 0) is 11.3 Å². The number of nitrogens with one attached hydrogen (secondary N) is 1. The van der Waals surface area contributed by atoms with Gasteiger partial charge in [-0.2, -0.15) is 0 Å². The molecule has 1 saturated heterocycles. The minimum absolute atomic E-state index is 0.0259. The molecule has 2 aliphatic rings. The van der Waals surface area contributed by atoms with E-state index in [1.807, 2.05) is 18.4 Å². The maximum Gasteiger partial charge on any atom is 0.252 e. The van der Waals surface area contributed by atoms with E-state index in [9.17, 15) is 9.90 Å². The lowest BCUT2D eigenvalue weighted by Gasteiger charge is -2.42. The molecule has 1 aliphatic carbocycles. The first-order valence-corrected chi connectivity index (χ1v) is 10.4. The highest BCUT2D eigenvalue weighted by Gasteiger charge is 2.50. The summed E-state index contributed by atoms with van der Waals surface area (Å²) in [6.45, 7) is 1.49. The Morgan fingerprint density at radius 3 is 3.00 bits per heavy atom. The molecule has 26 heavy (non-hydrogen) atoms. The van der Waals surface area contributed by atoms with E-state index in [1.165, 1.54) is 0 Å². The van der Waals surface area contributed by atoms with E-state index in [-0.39, 0.29) is 23.3 Å². The van der Waals surface area contributed by atoms with Crippen molar-refractivity contribution < 1.29 is 9.84 Å². The van der Waals surface area contributed by atoms with Crippen molar-refractivity contribution in [2.45, 2.75) is 54.9 Å². The van der Waals surface area contributed by atoms with Gasteiger partial charge < -0.3 is 14.8 Å². The Morgan fingerprint density at radius 1 is 1.38 bits per heavy atom. The summed E-state index contributed by atoms with van der Waals surface area (Å²) in [7, 11) is 1.78. The van der Waals surface area contributed by atoms with Crippen molar-refractivity contribution in [3.05, 3.63) is 40.2 Å². The molecule has 4 rings (SSSR count). The largest absolute Gasteiger partial charge is 0.393 e. The van der Waals surface area contributed by atoms with Crippen molar-refractivity contribution in [1.82, 2.24) is 9.88 Å².